The summed E-state index contributed by atoms with van der Waals surface area (Å²) >= 11 is 0. The Morgan fingerprint density at radius 2 is 2.05 bits per heavy atom. The molecule has 100 valence electrons. The van der Waals surface area contributed by atoms with Gasteiger partial charge in [0.25, 0.3) is 0 Å². The maximum Gasteiger partial charge on any atom is 4.00 e. The predicted molar refractivity (Wildman–Crippen MR) is 66.2 cm³/mol. The molecule has 3 rings (SSSR count). The molecular weight excluding hydrogens is 335 g/mol. The zero-order valence-electron chi connectivity index (χ0n) is 10.4. The van der Waals surface area contributed by atoms with E-state index in [9.17, 15) is 4.79 Å². The summed E-state index contributed by atoms with van der Waals surface area (Å²) in [5.74, 6) is 0.185. The molecule has 0 atom stereocenters. The van der Waals surface area contributed by atoms with Crippen molar-refractivity contribution in [1.82, 2.24) is 0 Å². The Kier molecular flexibility index (Phi) is 11.2. The van der Waals surface area contributed by atoms with Gasteiger partial charge in [0.05, 0.1) is 0 Å². The predicted octanol–water partition coefficient (Wildman–Crippen LogP) is -5.21. The van der Waals surface area contributed by atoms with Gasteiger partial charge in [-0.25, -0.2) is 0 Å². The summed E-state index contributed by atoms with van der Waals surface area (Å²) in [4.78, 5) is 11.3. The molecule has 1 fully saturated rings. The molecule has 0 saturated carbocycles. The quantitative estimate of drug-likeness (QED) is 0.400. The summed E-state index contributed by atoms with van der Waals surface area (Å²) in [5, 5.41) is 10.8. The topological polar surface area (TPSA) is 37.3 Å². The van der Waals surface area contributed by atoms with Crippen molar-refractivity contribution in [1.29, 1.82) is 0 Å². The largest absolute Gasteiger partial charge is 4.00 e. The molecule has 0 aromatic carbocycles. The summed E-state index contributed by atoms with van der Waals surface area (Å²) in [5.41, 5.74) is 2.00. The molecule has 0 aromatic rings. The van der Waals surface area contributed by atoms with Gasteiger partial charge >= 0.3 is 21.7 Å². The molecule has 0 bridgehead atoms. The van der Waals surface area contributed by atoms with E-state index in [0.717, 1.165) is 24.0 Å². The van der Waals surface area contributed by atoms with Crippen molar-refractivity contribution in [3.05, 3.63) is 52.8 Å². The maximum absolute atomic E-state index is 11.3. The molecule has 3 aliphatic rings. The first-order valence-corrected chi connectivity index (χ1v) is 6.89. The minimum atomic E-state index is -0.116. The number of aliphatic hydroxyl groups is 1. The molecule has 0 aromatic heterocycles. The standard InChI is InChI=1S/C9H5OSi.C4H9O.2ClH.Ti/c10-6-3-1-2-5-4-7-9(11-7)8(5)6;1-2-3-4-5;;;/h1-3H,11H2;5H,1-4H2;2*1H;/q2*-1;;;+4/p-2. The minimum absolute atomic E-state index is 0. The Morgan fingerprint density at radius 1 is 1.37 bits per heavy atom. The molecule has 0 radical (unpaired) electrons. The average molecular weight is 349 g/mol. The van der Waals surface area contributed by atoms with Crippen LogP contribution in [0.5, 0.6) is 0 Å². The molecule has 1 aliphatic heterocycles. The van der Waals surface area contributed by atoms with Crippen LogP contribution in [-0.2, 0) is 26.5 Å². The third kappa shape index (κ3) is 5.18. The number of fused-ring (bicyclic) bond motifs is 2. The van der Waals surface area contributed by atoms with Gasteiger partial charge in [-0.1, -0.05) is 12.0 Å². The number of hydrogen-bond acceptors (Lipinski definition) is 2. The van der Waals surface area contributed by atoms with Crippen LogP contribution in [0.3, 0.4) is 0 Å². The average Bonchev–Trinajstić information content (AvgIpc) is 2.92. The van der Waals surface area contributed by atoms with E-state index in [4.69, 9.17) is 5.11 Å². The number of rotatable bonds is 2. The van der Waals surface area contributed by atoms with Gasteiger partial charge < -0.3 is 41.6 Å². The van der Waals surface area contributed by atoms with E-state index in [1.807, 2.05) is 12.2 Å². The molecule has 1 saturated heterocycles. The number of ketones is 1. The van der Waals surface area contributed by atoms with Crippen LogP contribution in [0.15, 0.2) is 39.8 Å². The summed E-state index contributed by atoms with van der Waals surface area (Å²) in [7, 11) is -0.116. The SMILES string of the molecule is O=C1C=CC=C2[C-]=C3[SiH2]C3=C12.[CH2-]CCCO.[Cl-].[Cl-].[Ti+4]. The third-order valence-corrected chi connectivity index (χ3v) is 4.21. The number of unbranched alkanes of at least 4 members (excludes halogenated alkanes) is 1. The number of aliphatic hydroxyl groups excluding tert-OH is 1. The van der Waals surface area contributed by atoms with Crippen LogP contribution in [0.2, 0.25) is 0 Å². The number of hydrogen-bond donors (Lipinski definition) is 1. The molecule has 0 spiro atoms. The summed E-state index contributed by atoms with van der Waals surface area (Å²) in [6.07, 6.45) is 10.3. The van der Waals surface area contributed by atoms with Crippen LogP contribution < -0.4 is 24.8 Å². The second-order valence-corrected chi connectivity index (χ2v) is 5.64. The maximum atomic E-state index is 11.3. The fourth-order valence-electron chi connectivity index (χ4n) is 1.71. The van der Waals surface area contributed by atoms with Crippen LogP contribution in [0.25, 0.3) is 0 Å². The van der Waals surface area contributed by atoms with Gasteiger partial charge in [0.1, 0.15) is 5.78 Å². The second kappa shape index (κ2) is 9.92. The zero-order valence-corrected chi connectivity index (χ0v) is 14.9. The number of carbonyl (C=O) groups is 1. The van der Waals surface area contributed by atoms with Crippen LogP contribution in [0.1, 0.15) is 12.8 Å². The van der Waals surface area contributed by atoms with Crippen molar-refractivity contribution in [2.45, 2.75) is 12.8 Å². The molecule has 2 aliphatic carbocycles. The van der Waals surface area contributed by atoms with Crippen molar-refractivity contribution in [2.75, 3.05) is 6.61 Å². The van der Waals surface area contributed by atoms with Gasteiger partial charge in [-0.05, 0) is 6.08 Å². The Bertz CT molecular complexity index is 452. The Hall–Kier alpha value is 0.101. The summed E-state index contributed by atoms with van der Waals surface area (Å²) in [6, 6.07) is 0. The van der Waals surface area contributed by atoms with Crippen molar-refractivity contribution >= 4 is 15.3 Å². The van der Waals surface area contributed by atoms with E-state index < -0.39 is 0 Å². The second-order valence-electron chi connectivity index (χ2n) is 3.87. The molecule has 1 N–H and O–H groups in total. The van der Waals surface area contributed by atoms with E-state index in [0.29, 0.717) is 0 Å². The first kappa shape index (κ1) is 21.4. The van der Waals surface area contributed by atoms with Crippen molar-refractivity contribution in [3.8, 4) is 0 Å². The normalized spacial score (nSPS) is 17.7. The monoisotopic (exact) mass is 348 g/mol. The zero-order chi connectivity index (χ0) is 11.5. The Balaban J connectivity index is 0. The summed E-state index contributed by atoms with van der Waals surface area (Å²) < 4.78 is 0. The van der Waals surface area contributed by atoms with Gasteiger partial charge in [0.2, 0.25) is 0 Å². The third-order valence-electron chi connectivity index (χ3n) is 2.61. The van der Waals surface area contributed by atoms with Gasteiger partial charge in [0, 0.05) is 16.1 Å². The molecule has 19 heavy (non-hydrogen) atoms. The van der Waals surface area contributed by atoms with Crippen molar-refractivity contribution < 1.29 is 56.4 Å². The van der Waals surface area contributed by atoms with E-state index in [1.54, 1.807) is 6.08 Å². The van der Waals surface area contributed by atoms with E-state index in [-0.39, 0.29) is 68.4 Å². The molecule has 0 unspecified atom stereocenters. The number of halogens is 2. The number of allylic oxidation sites excluding steroid dienone is 8. The van der Waals surface area contributed by atoms with Gasteiger partial charge in [-0.2, -0.15) is 16.8 Å². The number of carbonyl (C=O) groups excluding carboxylic acids is 1. The van der Waals surface area contributed by atoms with Crippen LogP contribution >= 0.6 is 0 Å². The van der Waals surface area contributed by atoms with Gasteiger partial charge in [-0.3, -0.25) is 0 Å². The fraction of sp³-hybridized carbons (Fsp3) is 0.231. The Morgan fingerprint density at radius 3 is 2.53 bits per heavy atom. The fourth-order valence-corrected chi connectivity index (χ4v) is 3.06. The van der Waals surface area contributed by atoms with Crippen LogP contribution in [-0.4, -0.2) is 27.0 Å². The van der Waals surface area contributed by atoms with Gasteiger partial charge in [0.15, 0.2) is 0 Å². The van der Waals surface area contributed by atoms with E-state index in [1.165, 1.54) is 10.4 Å². The van der Waals surface area contributed by atoms with E-state index in [2.05, 4.69) is 13.0 Å². The summed E-state index contributed by atoms with van der Waals surface area (Å²) in [6.45, 7) is 3.80. The van der Waals surface area contributed by atoms with E-state index >= 15 is 0 Å². The minimum Gasteiger partial charge on any atom is -1.00 e. The van der Waals surface area contributed by atoms with Crippen molar-refractivity contribution in [2.24, 2.45) is 0 Å². The van der Waals surface area contributed by atoms with Gasteiger partial charge in [-0.15, -0.1) is 23.8 Å². The molecule has 1 heterocycles. The van der Waals surface area contributed by atoms with Crippen LogP contribution in [0, 0.1) is 13.0 Å². The molecular formula is C13H14Cl2O2SiTi. The van der Waals surface area contributed by atoms with Crippen molar-refractivity contribution in [3.63, 3.8) is 0 Å². The van der Waals surface area contributed by atoms with Crippen LogP contribution in [0.4, 0.5) is 0 Å². The first-order chi connectivity index (χ1) is 7.77. The molecule has 6 heteroatoms. The first-order valence-electron chi connectivity index (χ1n) is 5.47. The Labute approximate surface area is 143 Å². The molecule has 0 amide bonds. The molecule has 2 nitrogen and oxygen atoms in total. The smallest absolute Gasteiger partial charge is 1.00 e.